The number of ether oxygens (including phenoxy) is 1. The van der Waals surface area contributed by atoms with E-state index in [-0.39, 0.29) is 5.91 Å². The van der Waals surface area contributed by atoms with Crippen LogP contribution in [0.25, 0.3) is 0 Å². The van der Waals surface area contributed by atoms with Gasteiger partial charge in [0.15, 0.2) is 5.75 Å². The van der Waals surface area contributed by atoms with Crippen LogP contribution in [0.3, 0.4) is 0 Å². The SMILES string of the molecule is CCOc1c(N)cccc1C(=O)N(C)CCCN(C)C. The molecule has 0 heterocycles. The molecular weight excluding hydrogens is 254 g/mol. The zero-order chi connectivity index (χ0) is 15.1. The number of anilines is 1. The van der Waals surface area contributed by atoms with Crippen molar-refractivity contribution in [3.05, 3.63) is 23.8 Å². The number of nitrogens with zero attached hydrogens (tertiary/aromatic N) is 2. The smallest absolute Gasteiger partial charge is 0.257 e. The first-order valence-electron chi connectivity index (χ1n) is 6.88. The summed E-state index contributed by atoms with van der Waals surface area (Å²) in [5.41, 5.74) is 6.91. The fourth-order valence-corrected chi connectivity index (χ4v) is 1.96. The van der Waals surface area contributed by atoms with Crippen LogP contribution in [0.2, 0.25) is 0 Å². The highest BCUT2D eigenvalue weighted by Gasteiger charge is 2.18. The van der Waals surface area contributed by atoms with Crippen LogP contribution < -0.4 is 10.5 Å². The monoisotopic (exact) mass is 279 g/mol. The third-order valence-corrected chi connectivity index (χ3v) is 3.01. The van der Waals surface area contributed by atoms with E-state index in [9.17, 15) is 4.79 Å². The van der Waals surface area contributed by atoms with Gasteiger partial charge in [-0.3, -0.25) is 4.79 Å². The van der Waals surface area contributed by atoms with Gasteiger partial charge in [-0.2, -0.15) is 0 Å². The Hall–Kier alpha value is -1.75. The molecule has 0 spiro atoms. The second-order valence-corrected chi connectivity index (χ2v) is 5.04. The van der Waals surface area contributed by atoms with Gasteiger partial charge in [-0.1, -0.05) is 6.07 Å². The van der Waals surface area contributed by atoms with Crippen LogP contribution in [0.4, 0.5) is 5.69 Å². The fraction of sp³-hybridized carbons (Fsp3) is 0.533. The Kier molecular flexibility index (Phi) is 6.31. The van der Waals surface area contributed by atoms with Crippen molar-refractivity contribution in [3.63, 3.8) is 0 Å². The predicted octanol–water partition coefficient (Wildman–Crippen LogP) is 1.69. The molecule has 0 atom stereocenters. The third-order valence-electron chi connectivity index (χ3n) is 3.01. The molecule has 5 heteroatoms. The highest BCUT2D eigenvalue weighted by Crippen LogP contribution is 2.27. The maximum absolute atomic E-state index is 12.4. The van der Waals surface area contributed by atoms with Gasteiger partial charge in [-0.15, -0.1) is 0 Å². The number of carbonyl (C=O) groups is 1. The van der Waals surface area contributed by atoms with Crippen LogP contribution in [0.15, 0.2) is 18.2 Å². The first-order chi connectivity index (χ1) is 9.47. The molecule has 5 nitrogen and oxygen atoms in total. The van der Waals surface area contributed by atoms with Crippen LogP contribution in [0, 0.1) is 0 Å². The van der Waals surface area contributed by atoms with Gasteiger partial charge in [0.05, 0.1) is 17.9 Å². The lowest BCUT2D eigenvalue weighted by Crippen LogP contribution is -2.30. The topological polar surface area (TPSA) is 58.8 Å². The normalized spacial score (nSPS) is 10.7. The van der Waals surface area contributed by atoms with Crippen LogP contribution in [0.5, 0.6) is 5.75 Å². The number of para-hydroxylation sites is 1. The molecule has 1 amide bonds. The van der Waals surface area contributed by atoms with Crippen molar-refractivity contribution >= 4 is 11.6 Å². The zero-order valence-electron chi connectivity index (χ0n) is 12.8. The van der Waals surface area contributed by atoms with Gasteiger partial charge < -0.3 is 20.3 Å². The summed E-state index contributed by atoms with van der Waals surface area (Å²) in [6.45, 7) is 4.02. The molecule has 1 rings (SSSR count). The highest BCUT2D eigenvalue weighted by molar-refractivity contribution is 5.98. The molecular formula is C15H25N3O2. The fourth-order valence-electron chi connectivity index (χ4n) is 1.96. The Balaban J connectivity index is 2.78. The van der Waals surface area contributed by atoms with Gasteiger partial charge in [-0.05, 0) is 46.1 Å². The minimum atomic E-state index is -0.0560. The van der Waals surface area contributed by atoms with E-state index in [4.69, 9.17) is 10.5 Å². The second-order valence-electron chi connectivity index (χ2n) is 5.04. The van der Waals surface area contributed by atoms with E-state index in [1.54, 1.807) is 30.1 Å². The van der Waals surface area contributed by atoms with Crippen molar-refractivity contribution in [1.29, 1.82) is 0 Å². The Morgan fingerprint density at radius 2 is 1.95 bits per heavy atom. The van der Waals surface area contributed by atoms with Crippen molar-refractivity contribution in [2.24, 2.45) is 0 Å². The number of nitrogens with two attached hydrogens (primary N) is 1. The van der Waals surface area contributed by atoms with Crippen LogP contribution in [-0.2, 0) is 0 Å². The Labute approximate surface area is 121 Å². The molecule has 0 unspecified atom stereocenters. The maximum Gasteiger partial charge on any atom is 0.257 e. The van der Waals surface area contributed by atoms with Gasteiger partial charge in [0.1, 0.15) is 0 Å². The maximum atomic E-state index is 12.4. The molecule has 0 aliphatic rings. The summed E-state index contributed by atoms with van der Waals surface area (Å²) >= 11 is 0. The summed E-state index contributed by atoms with van der Waals surface area (Å²) < 4.78 is 5.50. The van der Waals surface area contributed by atoms with E-state index >= 15 is 0 Å². The third kappa shape index (κ3) is 4.42. The van der Waals surface area contributed by atoms with Crippen LogP contribution in [0.1, 0.15) is 23.7 Å². The zero-order valence-corrected chi connectivity index (χ0v) is 12.8. The second kappa shape index (κ2) is 7.75. The average molecular weight is 279 g/mol. The van der Waals surface area contributed by atoms with Gasteiger partial charge in [0, 0.05) is 13.6 Å². The summed E-state index contributed by atoms with van der Waals surface area (Å²) in [5, 5.41) is 0. The Morgan fingerprint density at radius 3 is 2.55 bits per heavy atom. The summed E-state index contributed by atoms with van der Waals surface area (Å²) in [4.78, 5) is 16.3. The largest absolute Gasteiger partial charge is 0.491 e. The van der Waals surface area contributed by atoms with E-state index in [2.05, 4.69) is 4.90 Å². The van der Waals surface area contributed by atoms with Crippen molar-refractivity contribution in [1.82, 2.24) is 9.80 Å². The molecule has 1 aromatic rings. The van der Waals surface area contributed by atoms with E-state index < -0.39 is 0 Å². The average Bonchev–Trinajstić information content (AvgIpc) is 2.40. The molecule has 20 heavy (non-hydrogen) atoms. The summed E-state index contributed by atoms with van der Waals surface area (Å²) in [5.74, 6) is 0.430. The van der Waals surface area contributed by atoms with Gasteiger partial charge in [-0.25, -0.2) is 0 Å². The lowest BCUT2D eigenvalue weighted by molar-refractivity contribution is 0.0786. The van der Waals surface area contributed by atoms with Crippen molar-refractivity contribution in [2.45, 2.75) is 13.3 Å². The number of amides is 1. The van der Waals surface area contributed by atoms with Gasteiger partial charge in [0.2, 0.25) is 0 Å². The molecule has 0 radical (unpaired) electrons. The highest BCUT2D eigenvalue weighted by atomic mass is 16.5. The molecule has 0 saturated heterocycles. The summed E-state index contributed by atoms with van der Waals surface area (Å²) in [7, 11) is 5.84. The van der Waals surface area contributed by atoms with E-state index in [1.165, 1.54) is 0 Å². The number of hydrogen-bond donors (Lipinski definition) is 1. The van der Waals surface area contributed by atoms with Crippen LogP contribution in [-0.4, -0.2) is 56.5 Å². The first kappa shape index (κ1) is 16.3. The number of carbonyl (C=O) groups excluding carboxylic acids is 1. The Morgan fingerprint density at radius 1 is 1.25 bits per heavy atom. The lowest BCUT2D eigenvalue weighted by Gasteiger charge is -2.20. The van der Waals surface area contributed by atoms with E-state index in [0.29, 0.717) is 30.2 Å². The molecule has 2 N–H and O–H groups in total. The molecule has 0 aliphatic carbocycles. The number of nitrogen functional groups attached to an aromatic ring is 1. The molecule has 112 valence electrons. The Bertz CT molecular complexity index is 447. The minimum Gasteiger partial charge on any atom is -0.491 e. The molecule has 0 bridgehead atoms. The summed E-state index contributed by atoms with van der Waals surface area (Å²) in [6, 6.07) is 5.28. The van der Waals surface area contributed by atoms with E-state index in [0.717, 1.165) is 13.0 Å². The standard InChI is InChI=1S/C15H25N3O2/c1-5-20-14-12(8-6-9-13(14)16)15(19)18(4)11-7-10-17(2)3/h6,8-9H,5,7,10-11,16H2,1-4H3. The number of hydrogen-bond acceptors (Lipinski definition) is 4. The van der Waals surface area contributed by atoms with Crippen LogP contribution >= 0.6 is 0 Å². The molecule has 0 fully saturated rings. The predicted molar refractivity (Wildman–Crippen MR) is 82.2 cm³/mol. The van der Waals surface area contributed by atoms with Crippen molar-refractivity contribution in [2.75, 3.05) is 46.6 Å². The van der Waals surface area contributed by atoms with Gasteiger partial charge in [0.25, 0.3) is 5.91 Å². The molecule has 0 aliphatic heterocycles. The quantitative estimate of drug-likeness (QED) is 0.772. The molecule has 1 aromatic carbocycles. The molecule has 0 aromatic heterocycles. The molecule has 0 saturated carbocycles. The number of rotatable bonds is 7. The van der Waals surface area contributed by atoms with E-state index in [1.807, 2.05) is 21.0 Å². The number of benzene rings is 1. The summed E-state index contributed by atoms with van der Waals surface area (Å²) in [6.07, 6.45) is 0.932. The van der Waals surface area contributed by atoms with Gasteiger partial charge >= 0.3 is 0 Å². The van der Waals surface area contributed by atoms with Crippen molar-refractivity contribution in [3.8, 4) is 5.75 Å². The van der Waals surface area contributed by atoms with Crippen molar-refractivity contribution < 1.29 is 9.53 Å². The lowest BCUT2D eigenvalue weighted by atomic mass is 10.1. The first-order valence-corrected chi connectivity index (χ1v) is 6.88. The minimum absolute atomic E-state index is 0.0560.